The number of nitriles is 1. The van der Waals surface area contributed by atoms with Gasteiger partial charge in [0.05, 0.1) is 12.5 Å². The average Bonchev–Trinajstić information content (AvgIpc) is 2.76. The molecule has 1 aliphatic rings. The van der Waals surface area contributed by atoms with E-state index in [1.165, 1.54) is 24.8 Å². The van der Waals surface area contributed by atoms with E-state index in [2.05, 4.69) is 30.4 Å². The van der Waals surface area contributed by atoms with Crippen LogP contribution in [-0.2, 0) is 0 Å². The van der Waals surface area contributed by atoms with Gasteiger partial charge in [0.15, 0.2) is 0 Å². The lowest BCUT2D eigenvalue weighted by atomic mass is 10.00. The topological polar surface area (TPSA) is 35.8 Å². The lowest BCUT2D eigenvalue weighted by molar-refractivity contribution is 0.377. The molecule has 2 nitrogen and oxygen atoms in total. The molecule has 2 heteroatoms. The van der Waals surface area contributed by atoms with E-state index in [4.69, 9.17) is 5.26 Å². The Labute approximate surface area is 104 Å². The predicted octanol–water partition coefficient (Wildman–Crippen LogP) is 3.42. The Morgan fingerprint density at radius 1 is 1.35 bits per heavy atom. The largest absolute Gasteiger partial charge is 0.306 e. The van der Waals surface area contributed by atoms with Crippen LogP contribution in [0, 0.1) is 17.2 Å². The maximum Gasteiger partial charge on any atom is 0.0641 e. The first-order valence-corrected chi connectivity index (χ1v) is 6.49. The summed E-state index contributed by atoms with van der Waals surface area (Å²) in [6, 6.07) is 13.4. The molecular formula is C15H20N2. The number of rotatable bonds is 4. The van der Waals surface area contributed by atoms with Crippen LogP contribution in [0.2, 0.25) is 0 Å². The maximum atomic E-state index is 8.95. The Hall–Kier alpha value is -1.33. The van der Waals surface area contributed by atoms with E-state index < -0.39 is 0 Å². The highest BCUT2D eigenvalue weighted by molar-refractivity contribution is 5.20. The molecule has 0 spiro atoms. The van der Waals surface area contributed by atoms with E-state index in [0.29, 0.717) is 12.5 Å². The smallest absolute Gasteiger partial charge is 0.0641 e. The first-order valence-electron chi connectivity index (χ1n) is 6.49. The normalized spacial score (nSPS) is 25.4. The molecule has 0 heterocycles. The van der Waals surface area contributed by atoms with Crippen LogP contribution in [0.15, 0.2) is 30.3 Å². The van der Waals surface area contributed by atoms with E-state index >= 15 is 0 Å². The molecular weight excluding hydrogens is 208 g/mol. The Kier molecular flexibility index (Phi) is 4.17. The summed E-state index contributed by atoms with van der Waals surface area (Å²) in [5, 5.41) is 12.6. The predicted molar refractivity (Wildman–Crippen MR) is 69.4 cm³/mol. The molecule has 1 aromatic carbocycles. The highest BCUT2D eigenvalue weighted by Gasteiger charge is 2.25. The van der Waals surface area contributed by atoms with Crippen LogP contribution in [0.5, 0.6) is 0 Å². The molecule has 17 heavy (non-hydrogen) atoms. The summed E-state index contributed by atoms with van der Waals surface area (Å²) in [6.07, 6.45) is 4.42. The van der Waals surface area contributed by atoms with Gasteiger partial charge in [-0.15, -0.1) is 0 Å². The Balaban J connectivity index is 2.05. The van der Waals surface area contributed by atoms with Gasteiger partial charge in [0.25, 0.3) is 0 Å². The molecule has 1 fully saturated rings. The molecule has 1 saturated carbocycles. The molecule has 0 bridgehead atoms. The second-order valence-electron chi connectivity index (χ2n) is 5.01. The fourth-order valence-electron chi connectivity index (χ4n) is 2.70. The molecule has 0 amide bonds. The minimum absolute atomic E-state index is 0.187. The molecule has 90 valence electrons. The first-order chi connectivity index (χ1) is 8.31. The third-order valence-electron chi connectivity index (χ3n) is 3.77. The van der Waals surface area contributed by atoms with Crippen LogP contribution >= 0.6 is 0 Å². The minimum Gasteiger partial charge on any atom is -0.306 e. The average molecular weight is 228 g/mol. The molecule has 0 aromatic heterocycles. The maximum absolute atomic E-state index is 8.95. The number of hydrogen-bond acceptors (Lipinski definition) is 2. The molecule has 1 aromatic rings. The van der Waals surface area contributed by atoms with Gasteiger partial charge in [0.2, 0.25) is 0 Å². The van der Waals surface area contributed by atoms with Gasteiger partial charge in [-0.05, 0) is 24.3 Å². The Morgan fingerprint density at radius 2 is 2.12 bits per heavy atom. The van der Waals surface area contributed by atoms with Gasteiger partial charge >= 0.3 is 0 Å². The molecule has 1 aliphatic carbocycles. The van der Waals surface area contributed by atoms with Crippen molar-refractivity contribution in [2.75, 3.05) is 0 Å². The quantitative estimate of drug-likeness (QED) is 0.857. The Bertz CT molecular complexity index is 380. The molecule has 0 aliphatic heterocycles. The second kappa shape index (κ2) is 5.84. The van der Waals surface area contributed by atoms with E-state index in [9.17, 15) is 0 Å². The molecule has 2 rings (SSSR count). The van der Waals surface area contributed by atoms with Crippen molar-refractivity contribution in [2.24, 2.45) is 5.92 Å². The van der Waals surface area contributed by atoms with Gasteiger partial charge in [0.1, 0.15) is 0 Å². The molecule has 3 atom stereocenters. The molecule has 0 saturated heterocycles. The van der Waals surface area contributed by atoms with Crippen molar-refractivity contribution in [1.29, 1.82) is 5.26 Å². The summed E-state index contributed by atoms with van der Waals surface area (Å²) >= 11 is 0. The first kappa shape index (κ1) is 12.1. The highest BCUT2D eigenvalue weighted by atomic mass is 15.0. The zero-order valence-electron chi connectivity index (χ0n) is 10.4. The van der Waals surface area contributed by atoms with Gasteiger partial charge in [0, 0.05) is 12.1 Å². The summed E-state index contributed by atoms with van der Waals surface area (Å²) in [5.74, 6) is 0.736. The van der Waals surface area contributed by atoms with Crippen LogP contribution < -0.4 is 5.32 Å². The third-order valence-corrected chi connectivity index (χ3v) is 3.77. The highest BCUT2D eigenvalue weighted by Crippen LogP contribution is 2.28. The zero-order chi connectivity index (χ0) is 12.1. The molecule has 0 radical (unpaired) electrons. The SMILES string of the molecule is CC1CCCC1NC(CC#N)c1ccccc1. The van der Waals surface area contributed by atoms with Crippen molar-refractivity contribution in [3.8, 4) is 6.07 Å². The van der Waals surface area contributed by atoms with E-state index in [0.717, 1.165) is 5.92 Å². The van der Waals surface area contributed by atoms with Crippen LogP contribution in [0.1, 0.15) is 44.2 Å². The third kappa shape index (κ3) is 3.08. The summed E-state index contributed by atoms with van der Waals surface area (Å²) in [7, 11) is 0. The van der Waals surface area contributed by atoms with E-state index in [-0.39, 0.29) is 6.04 Å². The summed E-state index contributed by atoms with van der Waals surface area (Å²) in [6.45, 7) is 2.30. The van der Waals surface area contributed by atoms with E-state index in [1.54, 1.807) is 0 Å². The minimum atomic E-state index is 0.187. The fourth-order valence-corrected chi connectivity index (χ4v) is 2.70. The molecule has 1 N–H and O–H groups in total. The summed E-state index contributed by atoms with van der Waals surface area (Å²) in [4.78, 5) is 0. The van der Waals surface area contributed by atoms with Crippen molar-refractivity contribution >= 4 is 0 Å². The lowest BCUT2D eigenvalue weighted by Crippen LogP contribution is -2.34. The fraction of sp³-hybridized carbons (Fsp3) is 0.533. The van der Waals surface area contributed by atoms with Crippen molar-refractivity contribution in [3.63, 3.8) is 0 Å². The van der Waals surface area contributed by atoms with Crippen molar-refractivity contribution in [1.82, 2.24) is 5.32 Å². The number of hydrogen-bond donors (Lipinski definition) is 1. The van der Waals surface area contributed by atoms with Crippen molar-refractivity contribution in [2.45, 2.75) is 44.7 Å². The lowest BCUT2D eigenvalue weighted by Gasteiger charge is -2.24. The van der Waals surface area contributed by atoms with Gasteiger partial charge in [-0.1, -0.05) is 43.7 Å². The van der Waals surface area contributed by atoms with Gasteiger partial charge in [-0.3, -0.25) is 0 Å². The van der Waals surface area contributed by atoms with Gasteiger partial charge < -0.3 is 5.32 Å². The van der Waals surface area contributed by atoms with Crippen LogP contribution in [-0.4, -0.2) is 6.04 Å². The molecule has 3 unspecified atom stereocenters. The number of benzene rings is 1. The second-order valence-corrected chi connectivity index (χ2v) is 5.01. The van der Waals surface area contributed by atoms with Crippen LogP contribution in [0.25, 0.3) is 0 Å². The zero-order valence-corrected chi connectivity index (χ0v) is 10.4. The number of nitrogens with one attached hydrogen (secondary N) is 1. The Morgan fingerprint density at radius 3 is 2.71 bits per heavy atom. The van der Waals surface area contributed by atoms with Crippen molar-refractivity contribution < 1.29 is 0 Å². The number of nitrogens with zero attached hydrogens (tertiary/aromatic N) is 1. The van der Waals surface area contributed by atoms with Gasteiger partial charge in [-0.2, -0.15) is 5.26 Å². The summed E-state index contributed by atoms with van der Waals surface area (Å²) in [5.41, 5.74) is 1.23. The van der Waals surface area contributed by atoms with E-state index in [1.807, 2.05) is 18.2 Å². The van der Waals surface area contributed by atoms with Crippen LogP contribution in [0.4, 0.5) is 0 Å². The van der Waals surface area contributed by atoms with Crippen LogP contribution in [0.3, 0.4) is 0 Å². The standard InChI is InChI=1S/C15H20N2/c1-12-6-5-9-14(12)17-15(10-11-16)13-7-3-2-4-8-13/h2-4,7-8,12,14-15,17H,5-6,9-10H2,1H3. The monoisotopic (exact) mass is 228 g/mol. The van der Waals surface area contributed by atoms with Gasteiger partial charge in [-0.25, -0.2) is 0 Å². The summed E-state index contributed by atoms with van der Waals surface area (Å²) < 4.78 is 0. The van der Waals surface area contributed by atoms with Crippen molar-refractivity contribution in [3.05, 3.63) is 35.9 Å².